The summed E-state index contributed by atoms with van der Waals surface area (Å²) < 4.78 is 34.5. The number of unbranched alkanes of at least 4 members (excludes halogenated alkanes) is 2. The Bertz CT molecular complexity index is 1290. The minimum atomic E-state index is -2.61. The summed E-state index contributed by atoms with van der Waals surface area (Å²) in [5.74, 6) is 1.67. The molecule has 2 fully saturated rings. The van der Waals surface area contributed by atoms with E-state index >= 15 is 0 Å². The zero-order valence-corrected chi connectivity index (χ0v) is 59.4. The van der Waals surface area contributed by atoms with Gasteiger partial charge in [-0.2, -0.15) is 0 Å². The number of Topliss-reactive ketones (excluding diaryl/α,β-unsaturated/α-hetero) is 1. The van der Waals surface area contributed by atoms with Gasteiger partial charge in [-0.15, -0.1) is 26.3 Å². The van der Waals surface area contributed by atoms with E-state index in [1.807, 2.05) is 121 Å². The van der Waals surface area contributed by atoms with E-state index in [1.165, 1.54) is 69.6 Å². The predicted octanol–water partition coefficient (Wildman–Crippen LogP) is 23.6. The Morgan fingerprint density at radius 3 is 1.50 bits per heavy atom. The Balaban J connectivity index is -0.0000000685. The monoisotopic (exact) mass is 1140 g/mol. The number of allylic oxidation sites excluding steroid dienone is 8. The molecule has 0 aromatic carbocycles. The first-order valence-electron chi connectivity index (χ1n) is 31.6. The number of hydrogen-bond acceptors (Lipinski definition) is 5. The number of piperidine rings is 1. The Labute approximate surface area is 505 Å². The zero-order chi connectivity index (χ0) is 66.1. The van der Waals surface area contributed by atoms with Crippen LogP contribution in [0.2, 0.25) is 0 Å². The highest BCUT2D eigenvalue weighted by Gasteiger charge is 2.48. The second-order valence-corrected chi connectivity index (χ2v) is 19.4. The summed E-state index contributed by atoms with van der Waals surface area (Å²) in [6.45, 7) is 80.7. The van der Waals surface area contributed by atoms with Gasteiger partial charge in [0.15, 0.2) is 5.78 Å². The first-order valence-corrected chi connectivity index (χ1v) is 31.6. The molecule has 0 amide bonds. The van der Waals surface area contributed by atoms with Gasteiger partial charge in [0, 0.05) is 31.6 Å². The molecule has 2 rings (SSSR count). The normalized spacial score (nSPS) is 14.5. The number of halogens is 3. The van der Waals surface area contributed by atoms with E-state index in [4.69, 9.17) is 0 Å². The van der Waals surface area contributed by atoms with Gasteiger partial charge in [0.2, 0.25) is 5.92 Å². The minimum Gasteiger partial charge on any atom is -0.372 e. The number of carbonyl (C=O) groups is 1. The molecular weight excluding hydrogens is 994 g/mol. The predicted molar refractivity (Wildman–Crippen MR) is 372 cm³/mol. The van der Waals surface area contributed by atoms with E-state index in [0.717, 1.165) is 75.8 Å². The molecule has 0 bridgehead atoms. The highest BCUT2D eigenvalue weighted by atomic mass is 19.3. The van der Waals surface area contributed by atoms with Crippen molar-refractivity contribution in [3.8, 4) is 0 Å². The quantitative estimate of drug-likeness (QED) is 0.0349. The van der Waals surface area contributed by atoms with Crippen LogP contribution in [-0.2, 0) is 4.79 Å². The molecule has 1 saturated heterocycles. The van der Waals surface area contributed by atoms with E-state index in [0.29, 0.717) is 43.5 Å². The lowest BCUT2D eigenvalue weighted by Crippen LogP contribution is -2.38. The standard InChI is InChI=1S/C19H34N2.C11H18F2O.C8H16.C7H13N.C5H11N.C4H10.C4H8.C3H8.4C2H6.C2H4.CH3F/c1-8-10-12-19(13-16(5)11-9-2)17(6)21-18(7)20-14-15(3)4;1-8(5-6-11(4,12)13)7-9(2)10(3)14;1-4-6-7-8(3)5-2;1-5-7-3-6(7)4-8(5)2;1-3-4-5-6-2;2*1-3-4-2;1-3-2;6*1-2/h8-9,11,15,17,19-21H,1,5,7,10,12-14H2,2-4,6H3;8H,2,5-7H2,1,3-4H3;3-7H2,1-2H3;5-7H,3-4H2,1-2H3;3,6H,1,4-5H2,2H3;3-4H2,1-2H3;3-4H,1-2H3;3H2,1-2H3;4*1-2H3;1-2H2;1H3/b11-9-;;;;;;4-3+;;;;;;;/t;;;5?,6-,7+;;;;;;;;;;/m...0........../s1. The first kappa shape index (κ1) is 105. The number of nitrogens with one attached hydrogen (secondary N) is 3. The molecule has 6 atom stereocenters. The molecule has 2 aliphatic rings. The van der Waals surface area contributed by atoms with E-state index in [2.05, 4.69) is 156 Å². The van der Waals surface area contributed by atoms with Crippen LogP contribution in [0.25, 0.3) is 0 Å². The topological polar surface area (TPSA) is 56.4 Å². The molecule has 0 spiro atoms. The third-order valence-electron chi connectivity index (χ3n) is 11.3. The average Bonchev–Trinajstić information content (AvgIpc) is 4.18. The molecule has 1 heterocycles. The van der Waals surface area contributed by atoms with Crippen LogP contribution in [0, 0.1) is 29.6 Å². The van der Waals surface area contributed by atoms with E-state index < -0.39 is 5.92 Å². The lowest BCUT2D eigenvalue weighted by Gasteiger charge is -2.27. The Kier molecular flexibility index (Phi) is 117. The van der Waals surface area contributed by atoms with Crippen molar-refractivity contribution in [1.29, 1.82) is 0 Å². The molecule has 4 unspecified atom stereocenters. The third-order valence-corrected chi connectivity index (χ3v) is 11.3. The van der Waals surface area contributed by atoms with Crippen LogP contribution in [0.3, 0.4) is 0 Å². The summed E-state index contributed by atoms with van der Waals surface area (Å²) in [5, 5.41) is 9.82. The number of carbonyl (C=O) groups excluding carboxylic acids is 1. The largest absolute Gasteiger partial charge is 0.372 e. The van der Waals surface area contributed by atoms with Crippen molar-refractivity contribution in [3.63, 3.8) is 0 Å². The second kappa shape index (κ2) is 89.4. The van der Waals surface area contributed by atoms with Crippen molar-refractivity contribution in [3.05, 3.63) is 112 Å². The van der Waals surface area contributed by atoms with Gasteiger partial charge in [0.05, 0.1) is 13.0 Å². The molecule has 0 radical (unpaired) electrons. The fraction of sp³-hybridized carbons (Fsp3) is 0.736. The van der Waals surface area contributed by atoms with Crippen LogP contribution in [0.1, 0.15) is 262 Å². The lowest BCUT2D eigenvalue weighted by molar-refractivity contribution is -0.113. The van der Waals surface area contributed by atoms with Gasteiger partial charge in [0.25, 0.3) is 0 Å². The molecule has 0 aromatic heterocycles. The van der Waals surface area contributed by atoms with Gasteiger partial charge in [-0.3, -0.25) is 9.18 Å². The molecular formula is C72H149F3N4O. The molecule has 1 saturated carbocycles. The number of nitrogens with zero attached hydrogens (tertiary/aromatic N) is 1. The molecule has 3 N–H and O–H groups in total. The molecule has 80 heavy (non-hydrogen) atoms. The molecule has 5 nitrogen and oxygen atoms in total. The van der Waals surface area contributed by atoms with Crippen molar-refractivity contribution < 1.29 is 18.0 Å². The summed E-state index contributed by atoms with van der Waals surface area (Å²) >= 11 is 0. The van der Waals surface area contributed by atoms with Crippen molar-refractivity contribution in [2.75, 3.05) is 40.9 Å². The van der Waals surface area contributed by atoms with E-state index in [1.54, 1.807) is 0 Å². The molecule has 1 aliphatic carbocycles. The number of ketones is 1. The number of hydrogen-bond donors (Lipinski definition) is 3. The summed E-state index contributed by atoms with van der Waals surface area (Å²) in [6, 6.07) is 1.25. The Morgan fingerprint density at radius 1 is 0.762 bits per heavy atom. The van der Waals surface area contributed by atoms with Crippen LogP contribution in [0.4, 0.5) is 13.2 Å². The Hall–Kier alpha value is -3.36. The third kappa shape index (κ3) is 99.9. The second-order valence-electron chi connectivity index (χ2n) is 19.4. The minimum absolute atomic E-state index is 0.0555. The SMILES string of the molecule is C/C=C/C.C=C.C=C(CC(C)CCC(C)(F)F)C(C)=O.C=C(CC)CCCC.C=CCCC(CC(=C)/C=C\C)C(C)NC(=C)NCC(C)C.C=CCCNC.CC.CC.CC.CC.CC1[C@H]2C[C@H]2CN1C.CCC.CCCC.CF. The summed E-state index contributed by atoms with van der Waals surface area (Å²) in [5.41, 5.74) is 3.10. The van der Waals surface area contributed by atoms with Crippen LogP contribution in [-0.4, -0.2) is 69.6 Å². The summed E-state index contributed by atoms with van der Waals surface area (Å²) in [6.07, 6.45) is 27.5. The van der Waals surface area contributed by atoms with Gasteiger partial charge in [0.1, 0.15) is 0 Å². The number of rotatable bonds is 26. The highest BCUT2D eigenvalue weighted by Crippen LogP contribution is 2.48. The van der Waals surface area contributed by atoms with Crippen molar-refractivity contribution in [1.82, 2.24) is 20.9 Å². The van der Waals surface area contributed by atoms with E-state index in [-0.39, 0.29) is 18.1 Å². The van der Waals surface area contributed by atoms with Gasteiger partial charge in [-0.05, 0) is 168 Å². The first-order chi connectivity index (χ1) is 37.9. The van der Waals surface area contributed by atoms with Crippen molar-refractivity contribution in [2.45, 2.75) is 280 Å². The maximum absolute atomic E-state index is 12.5. The number of alkyl halides is 3. The maximum Gasteiger partial charge on any atom is 0.245 e. The van der Waals surface area contributed by atoms with Gasteiger partial charge < -0.3 is 20.9 Å². The lowest BCUT2D eigenvalue weighted by atomic mass is 9.89. The molecule has 1 aliphatic heterocycles. The number of fused-ring (bicyclic) bond motifs is 1. The molecule has 8 heteroatoms. The zero-order valence-electron chi connectivity index (χ0n) is 59.4. The van der Waals surface area contributed by atoms with Crippen LogP contribution < -0.4 is 16.0 Å². The van der Waals surface area contributed by atoms with Crippen molar-refractivity contribution >= 4 is 5.78 Å². The van der Waals surface area contributed by atoms with Crippen molar-refractivity contribution in [2.24, 2.45) is 29.6 Å². The van der Waals surface area contributed by atoms with Crippen LogP contribution >= 0.6 is 0 Å². The smallest absolute Gasteiger partial charge is 0.245 e. The summed E-state index contributed by atoms with van der Waals surface area (Å²) in [4.78, 5) is 13.3. The van der Waals surface area contributed by atoms with Crippen LogP contribution in [0.15, 0.2) is 112 Å². The molecule has 0 aromatic rings. The maximum atomic E-state index is 12.5. The van der Waals surface area contributed by atoms with Gasteiger partial charge >= 0.3 is 0 Å². The fourth-order valence-corrected chi connectivity index (χ4v) is 6.22. The average molecular weight is 1140 g/mol. The van der Waals surface area contributed by atoms with Gasteiger partial charge in [-0.25, -0.2) is 8.78 Å². The Morgan fingerprint density at radius 2 is 1.23 bits per heavy atom. The molecule has 484 valence electrons. The number of likely N-dealkylation sites (tertiary alicyclic amines) is 1. The van der Waals surface area contributed by atoms with E-state index in [9.17, 15) is 18.0 Å². The van der Waals surface area contributed by atoms with Gasteiger partial charge in [-0.1, -0.05) is 217 Å². The van der Waals surface area contributed by atoms with Crippen LogP contribution in [0.5, 0.6) is 0 Å². The fourth-order valence-electron chi connectivity index (χ4n) is 6.22. The summed E-state index contributed by atoms with van der Waals surface area (Å²) in [7, 11) is 4.67. The highest BCUT2D eigenvalue weighted by molar-refractivity contribution is 5.92.